The summed E-state index contributed by atoms with van der Waals surface area (Å²) in [5.41, 5.74) is 5.65. The molecule has 2 aliphatic carbocycles. The minimum Gasteiger partial charge on any atom is -0.481 e. The highest BCUT2D eigenvalue weighted by Crippen LogP contribution is 2.48. The number of carboxylic acids is 1. The van der Waals surface area contributed by atoms with E-state index >= 15 is 0 Å². The summed E-state index contributed by atoms with van der Waals surface area (Å²) in [5, 5.41) is 12.1. The second-order valence-corrected chi connectivity index (χ2v) is 5.25. The lowest BCUT2D eigenvalue weighted by Gasteiger charge is -2.29. The van der Waals surface area contributed by atoms with E-state index in [2.05, 4.69) is 5.32 Å². The largest absolute Gasteiger partial charge is 0.481 e. The Bertz CT molecular complexity index is 332. The van der Waals surface area contributed by atoms with Crippen molar-refractivity contribution in [1.82, 2.24) is 5.32 Å². The molecule has 1 amide bonds. The van der Waals surface area contributed by atoms with Crippen LogP contribution in [-0.4, -0.2) is 29.1 Å². The molecule has 2 saturated carbocycles. The van der Waals surface area contributed by atoms with Crippen LogP contribution in [0, 0.1) is 17.8 Å². The molecule has 4 N–H and O–H groups in total. The van der Waals surface area contributed by atoms with Gasteiger partial charge in [-0.3, -0.25) is 9.59 Å². The summed E-state index contributed by atoms with van der Waals surface area (Å²) >= 11 is 0. The molecular formula is C12H20N2O3. The molecule has 0 aromatic carbocycles. The zero-order chi connectivity index (χ0) is 12.6. The molecule has 0 radical (unpaired) electrons. The molecule has 0 heterocycles. The zero-order valence-electron chi connectivity index (χ0n) is 10.1. The summed E-state index contributed by atoms with van der Waals surface area (Å²) in [6, 6.07) is -0.736. The van der Waals surface area contributed by atoms with E-state index in [0.29, 0.717) is 12.3 Å². The fourth-order valence-corrected chi connectivity index (χ4v) is 3.31. The Kier molecular flexibility index (Phi) is 3.38. The van der Waals surface area contributed by atoms with Gasteiger partial charge < -0.3 is 16.2 Å². The van der Waals surface area contributed by atoms with E-state index in [1.165, 1.54) is 0 Å². The van der Waals surface area contributed by atoms with Crippen LogP contribution in [0.2, 0.25) is 0 Å². The van der Waals surface area contributed by atoms with Gasteiger partial charge in [0.25, 0.3) is 0 Å². The summed E-state index contributed by atoms with van der Waals surface area (Å²) < 4.78 is 0. The molecule has 0 spiro atoms. The number of carboxylic acid groups (broad SMARTS) is 1. The minimum atomic E-state index is -0.785. The Balaban J connectivity index is 2.04. The zero-order valence-corrected chi connectivity index (χ0v) is 10.1. The van der Waals surface area contributed by atoms with Gasteiger partial charge in [-0.1, -0.05) is 6.92 Å². The molecule has 0 saturated heterocycles. The molecule has 96 valence electrons. The van der Waals surface area contributed by atoms with E-state index < -0.39 is 17.9 Å². The van der Waals surface area contributed by atoms with E-state index in [9.17, 15) is 14.7 Å². The molecule has 0 aliphatic heterocycles. The summed E-state index contributed by atoms with van der Waals surface area (Å²) in [6.07, 6.45) is 3.52. The van der Waals surface area contributed by atoms with Crippen LogP contribution in [0.15, 0.2) is 0 Å². The Morgan fingerprint density at radius 1 is 1.41 bits per heavy atom. The van der Waals surface area contributed by atoms with E-state index in [4.69, 9.17) is 5.73 Å². The second kappa shape index (κ2) is 4.64. The van der Waals surface area contributed by atoms with Gasteiger partial charge >= 0.3 is 5.97 Å². The SMILES string of the molecule is CC[C@@H](N)C(=O)NC1C2CCC(C2)C1C(=O)O. The van der Waals surface area contributed by atoms with Crippen molar-refractivity contribution in [2.75, 3.05) is 0 Å². The average molecular weight is 240 g/mol. The number of rotatable bonds is 4. The summed E-state index contributed by atoms with van der Waals surface area (Å²) in [7, 11) is 0. The number of nitrogens with two attached hydrogens (primary N) is 1. The van der Waals surface area contributed by atoms with Crippen LogP contribution >= 0.6 is 0 Å². The molecule has 2 aliphatic rings. The van der Waals surface area contributed by atoms with Gasteiger partial charge in [-0.2, -0.15) is 0 Å². The van der Waals surface area contributed by atoms with E-state index in [-0.39, 0.29) is 17.9 Å². The number of nitrogens with one attached hydrogen (secondary N) is 1. The van der Waals surface area contributed by atoms with Crippen LogP contribution < -0.4 is 11.1 Å². The molecule has 17 heavy (non-hydrogen) atoms. The number of hydrogen-bond acceptors (Lipinski definition) is 3. The number of amides is 1. The van der Waals surface area contributed by atoms with Gasteiger partial charge in [0.2, 0.25) is 5.91 Å². The van der Waals surface area contributed by atoms with Crippen molar-refractivity contribution >= 4 is 11.9 Å². The van der Waals surface area contributed by atoms with Crippen LogP contribution in [0.25, 0.3) is 0 Å². The molecule has 2 bridgehead atoms. The van der Waals surface area contributed by atoms with E-state index in [1.54, 1.807) is 0 Å². The number of fused-ring (bicyclic) bond motifs is 2. The van der Waals surface area contributed by atoms with E-state index in [0.717, 1.165) is 19.3 Å². The Morgan fingerprint density at radius 2 is 2.06 bits per heavy atom. The third kappa shape index (κ3) is 2.16. The normalized spacial score (nSPS) is 36.8. The molecule has 5 heteroatoms. The van der Waals surface area contributed by atoms with Crippen LogP contribution in [0.3, 0.4) is 0 Å². The summed E-state index contributed by atoms with van der Waals surface area (Å²) in [5.74, 6) is -0.847. The maximum atomic E-state index is 11.7. The number of carbonyl (C=O) groups is 2. The molecule has 2 fully saturated rings. The molecule has 4 unspecified atom stereocenters. The first kappa shape index (κ1) is 12.4. The molecule has 5 atom stereocenters. The highest BCUT2D eigenvalue weighted by molar-refractivity contribution is 5.83. The summed E-state index contributed by atoms with van der Waals surface area (Å²) in [6.45, 7) is 1.85. The van der Waals surface area contributed by atoms with Crippen molar-refractivity contribution in [3.05, 3.63) is 0 Å². The third-order valence-electron chi connectivity index (χ3n) is 4.29. The predicted molar refractivity (Wildman–Crippen MR) is 62.2 cm³/mol. The lowest BCUT2D eigenvalue weighted by molar-refractivity contribution is -0.144. The van der Waals surface area contributed by atoms with Crippen molar-refractivity contribution in [3.8, 4) is 0 Å². The van der Waals surface area contributed by atoms with Crippen molar-refractivity contribution < 1.29 is 14.7 Å². The predicted octanol–water partition coefficient (Wildman–Crippen LogP) is 0.339. The minimum absolute atomic E-state index is 0.212. The first-order valence-corrected chi connectivity index (χ1v) is 6.33. The van der Waals surface area contributed by atoms with Crippen molar-refractivity contribution in [1.29, 1.82) is 0 Å². The van der Waals surface area contributed by atoms with Gasteiger partial charge in [0.05, 0.1) is 12.0 Å². The van der Waals surface area contributed by atoms with Crippen molar-refractivity contribution in [2.24, 2.45) is 23.5 Å². The lowest BCUT2D eigenvalue weighted by atomic mass is 9.84. The first-order chi connectivity index (χ1) is 8.04. The number of carbonyl (C=O) groups excluding carboxylic acids is 1. The highest BCUT2D eigenvalue weighted by atomic mass is 16.4. The highest BCUT2D eigenvalue weighted by Gasteiger charge is 2.51. The molecule has 0 aromatic rings. The molecular weight excluding hydrogens is 220 g/mol. The van der Waals surface area contributed by atoms with Crippen LogP contribution in [0.4, 0.5) is 0 Å². The molecule has 5 nitrogen and oxygen atoms in total. The van der Waals surface area contributed by atoms with Gasteiger partial charge in [-0.25, -0.2) is 0 Å². The Hall–Kier alpha value is -1.10. The third-order valence-corrected chi connectivity index (χ3v) is 4.29. The van der Waals surface area contributed by atoms with Gasteiger partial charge in [0.1, 0.15) is 0 Å². The monoisotopic (exact) mass is 240 g/mol. The maximum absolute atomic E-state index is 11.7. The first-order valence-electron chi connectivity index (χ1n) is 6.33. The molecule has 2 rings (SSSR count). The van der Waals surface area contributed by atoms with Crippen molar-refractivity contribution in [2.45, 2.75) is 44.7 Å². The van der Waals surface area contributed by atoms with Gasteiger partial charge in [0.15, 0.2) is 0 Å². The van der Waals surface area contributed by atoms with Crippen LogP contribution in [0.5, 0.6) is 0 Å². The van der Waals surface area contributed by atoms with Gasteiger partial charge in [0, 0.05) is 6.04 Å². The number of aliphatic carboxylic acids is 1. The Labute approximate surface area is 101 Å². The van der Waals surface area contributed by atoms with Gasteiger partial charge in [-0.05, 0) is 37.5 Å². The van der Waals surface area contributed by atoms with Crippen LogP contribution in [0.1, 0.15) is 32.6 Å². The van der Waals surface area contributed by atoms with E-state index in [1.807, 2.05) is 6.92 Å². The standard InChI is InChI=1S/C12H20N2O3/c1-2-8(13)11(15)14-10-7-4-3-6(5-7)9(10)12(16)17/h6-10H,2-5,13H2,1H3,(H,14,15)(H,16,17)/t6?,7?,8-,9?,10?/m1/s1. The average Bonchev–Trinajstić information content (AvgIpc) is 2.87. The van der Waals surface area contributed by atoms with Crippen LogP contribution in [-0.2, 0) is 9.59 Å². The topological polar surface area (TPSA) is 92.4 Å². The summed E-state index contributed by atoms with van der Waals surface area (Å²) in [4.78, 5) is 23.0. The van der Waals surface area contributed by atoms with Gasteiger partial charge in [-0.15, -0.1) is 0 Å². The Morgan fingerprint density at radius 3 is 2.65 bits per heavy atom. The fourth-order valence-electron chi connectivity index (χ4n) is 3.31. The van der Waals surface area contributed by atoms with Crippen molar-refractivity contribution in [3.63, 3.8) is 0 Å². The smallest absolute Gasteiger partial charge is 0.308 e. The quantitative estimate of drug-likeness (QED) is 0.660. The lowest BCUT2D eigenvalue weighted by Crippen LogP contribution is -2.51. The maximum Gasteiger partial charge on any atom is 0.308 e. The fraction of sp³-hybridized carbons (Fsp3) is 0.833. The second-order valence-electron chi connectivity index (χ2n) is 5.25. The number of hydrogen-bond donors (Lipinski definition) is 3. The molecule has 0 aromatic heterocycles.